The molecule has 87 heavy (non-hydrogen) atoms. The zero-order valence-corrected chi connectivity index (χ0v) is 47.2. The molecule has 5 rings (SSSR count). The standard InChI is InChI=1S/C30H48N2O48S7/c33-7-6(32-82(49,50)51)28(70-3(1-67-83(52,53)54)13(7)72-29-19(79-86(61,62)63)10(36)9(35)17(76-29)23(39)40)75-16-12(38)20(80-87(64,65)66)30(77-22(16)25(43)44)73-14-4(2-68-84(55,56)57)69-27(5(8(14)34)31-81(46,47)48)74-15-11(37)18(78-85(58,59)60)26(45)71-21(15)24(41)42/h3-22,26-38,45H,1-2H2,(H,39,40)(H,41,42)(H,43,44)(H,46,47,48)(H,49,50,51)(H,52,53,54)(H,55,56,57)(H,58,59,60)(H,61,62,63)(H,64,65,66)/t3-,4-,5-,6-,7-,8-,9+,10+,11+,12+,13-,14-,15+,16+,17-,18+,19+,20-,21-,22-,26-,27-,28-,29-,30-/m1/s1. The third kappa shape index (κ3) is 20.7. The molecular weight excluding hydrogens is 1380 g/mol. The summed E-state index contributed by atoms with van der Waals surface area (Å²) in [5.41, 5.74) is 0. The Morgan fingerprint density at radius 2 is 0.655 bits per heavy atom. The predicted octanol–water partition coefficient (Wildman–Crippen LogP) is -13.7. The number of nitrogens with one attached hydrogen (secondary N) is 2. The van der Waals surface area contributed by atoms with Crippen LogP contribution in [0.15, 0.2) is 0 Å². The van der Waals surface area contributed by atoms with Crippen molar-refractivity contribution >= 4 is 90.5 Å². The molecule has 0 bridgehead atoms. The average molecular weight is 1430 g/mol. The number of aliphatic carboxylic acids is 3. The third-order valence-electron chi connectivity index (χ3n) is 11.9. The molecule has 5 heterocycles. The summed E-state index contributed by atoms with van der Waals surface area (Å²) in [6, 6.07) is -5.91. The summed E-state index contributed by atoms with van der Waals surface area (Å²) in [7, 11) is -41.2. The third-order valence-corrected chi connectivity index (χ3v) is 15.3. The van der Waals surface area contributed by atoms with Crippen LogP contribution in [0.1, 0.15) is 0 Å². The van der Waals surface area contributed by atoms with Gasteiger partial charge >= 0.3 is 90.5 Å². The lowest BCUT2D eigenvalue weighted by atomic mass is 9.94. The summed E-state index contributed by atoms with van der Waals surface area (Å²) in [5, 5.41) is 107. The number of carboxylic acid groups (broad SMARTS) is 3. The van der Waals surface area contributed by atoms with Gasteiger partial charge in [0.1, 0.15) is 85.3 Å². The van der Waals surface area contributed by atoms with Gasteiger partial charge in [0.05, 0.1) is 13.2 Å². The average Bonchev–Trinajstić information content (AvgIpc) is 0.897. The number of hydrogen-bond acceptors (Lipinski definition) is 38. The van der Waals surface area contributed by atoms with Crippen molar-refractivity contribution in [3.8, 4) is 0 Å². The van der Waals surface area contributed by atoms with Gasteiger partial charge in [-0.3, -0.25) is 31.9 Å². The summed E-state index contributed by atoms with van der Waals surface area (Å²) >= 11 is 0. The minimum Gasteiger partial charge on any atom is -0.479 e. The number of ether oxygens (including phenoxy) is 9. The molecule has 0 aliphatic carbocycles. The Morgan fingerprint density at radius 1 is 0.345 bits per heavy atom. The zero-order valence-electron chi connectivity index (χ0n) is 41.5. The minimum absolute atomic E-state index is 1.17. The molecular formula is C30H48N2O48S7. The number of hydrogen-bond donors (Lipinski definition) is 19. The van der Waals surface area contributed by atoms with Gasteiger partial charge in [0, 0.05) is 0 Å². The van der Waals surface area contributed by atoms with Gasteiger partial charge in [0.15, 0.2) is 68.1 Å². The molecule has 0 unspecified atom stereocenters. The first-order chi connectivity index (χ1) is 39.4. The molecule has 5 aliphatic rings. The van der Waals surface area contributed by atoms with Crippen molar-refractivity contribution < 1.29 is 220 Å². The van der Waals surface area contributed by atoms with E-state index < -0.39 is 257 Å². The van der Waals surface area contributed by atoms with E-state index in [9.17, 15) is 156 Å². The van der Waals surface area contributed by atoms with Gasteiger partial charge < -0.3 is 93.7 Å². The summed E-state index contributed by atoms with van der Waals surface area (Å²) in [6.07, 6.45) is -67.9. The maximum absolute atomic E-state index is 13.0. The van der Waals surface area contributed by atoms with Gasteiger partial charge in [0.25, 0.3) is 0 Å². The van der Waals surface area contributed by atoms with E-state index in [-0.39, 0.29) is 0 Å². The summed E-state index contributed by atoms with van der Waals surface area (Å²) < 4.78 is 305. The second-order valence-electron chi connectivity index (χ2n) is 17.9. The topological polar surface area (TPSA) is 787 Å². The zero-order chi connectivity index (χ0) is 66.4. The van der Waals surface area contributed by atoms with E-state index in [4.69, 9.17) is 37.9 Å². The highest BCUT2D eigenvalue weighted by Crippen LogP contribution is 2.38. The van der Waals surface area contributed by atoms with Crippen LogP contribution in [0.3, 0.4) is 0 Å². The summed E-state index contributed by atoms with van der Waals surface area (Å²) in [5.74, 6) is -7.00. The van der Waals surface area contributed by atoms with E-state index in [2.05, 4.69) is 25.7 Å². The SMILES string of the molecule is O=C(O)[C@@H]1O[C@@H](O[C@H]2[C@H](O)[C@@H](NS(=O)(=O)O)[C@@H](O[C@H]3[C@H](O)[C@@H](OS(=O)(=O)O)[C@H](O[C@H]4[C@H](O)[C@@H](NS(=O)(=O)O)[C@@H](O[C@H]5[C@H](O)[C@H](OS(=O)(=O)O)[C@H](O)O[C@H]5C(=O)O)O[C@@H]4COS(=O)(=O)O)O[C@H]3C(=O)O)O[C@@H]2COS(=O)(=O)O)[C@@H](OS(=O)(=O)O)[C@@H](O)[C@@H]1O. The molecule has 0 spiro atoms. The number of rotatable bonds is 27. The lowest BCUT2D eigenvalue weighted by Crippen LogP contribution is -2.71. The van der Waals surface area contributed by atoms with Crippen LogP contribution in [-0.2, 0) is 151 Å². The number of carboxylic acids is 3. The summed E-state index contributed by atoms with van der Waals surface area (Å²) in [4.78, 5) is 37.1. The Kier molecular flexibility index (Phi) is 24.0. The molecule has 0 saturated carbocycles. The van der Waals surface area contributed by atoms with Crippen LogP contribution < -0.4 is 9.44 Å². The van der Waals surface area contributed by atoms with Crippen molar-refractivity contribution in [2.75, 3.05) is 13.2 Å². The quantitative estimate of drug-likeness (QED) is 0.0340. The van der Waals surface area contributed by atoms with Crippen molar-refractivity contribution in [2.45, 2.75) is 153 Å². The first kappa shape index (κ1) is 74.6. The molecule has 0 radical (unpaired) electrons. The van der Waals surface area contributed by atoms with Crippen LogP contribution in [0.5, 0.6) is 0 Å². The van der Waals surface area contributed by atoms with E-state index in [1.54, 1.807) is 0 Å². The molecule has 0 aromatic heterocycles. The van der Waals surface area contributed by atoms with Gasteiger partial charge in [-0.15, -0.1) is 0 Å². The Morgan fingerprint density at radius 3 is 0.989 bits per heavy atom. The smallest absolute Gasteiger partial charge is 0.397 e. The molecule has 5 aliphatic heterocycles. The van der Waals surface area contributed by atoms with Crippen LogP contribution in [0.4, 0.5) is 0 Å². The van der Waals surface area contributed by atoms with Crippen molar-refractivity contribution in [3.63, 3.8) is 0 Å². The maximum atomic E-state index is 13.0. The van der Waals surface area contributed by atoms with Crippen LogP contribution >= 0.6 is 0 Å². The van der Waals surface area contributed by atoms with Gasteiger partial charge in [-0.2, -0.15) is 68.4 Å². The number of aliphatic hydroxyl groups is 7. The highest BCUT2D eigenvalue weighted by atomic mass is 32.3. The Hall–Kier alpha value is -3.14. The Bertz CT molecular complexity index is 3280. The van der Waals surface area contributed by atoms with E-state index in [0.29, 0.717) is 0 Å². The molecule has 19 N–H and O–H groups in total. The molecule has 0 amide bonds. The van der Waals surface area contributed by atoms with Crippen molar-refractivity contribution in [1.82, 2.24) is 9.44 Å². The minimum atomic E-state index is -6.23. The Labute approximate surface area is 484 Å². The van der Waals surface area contributed by atoms with Gasteiger partial charge in [-0.05, 0) is 0 Å². The summed E-state index contributed by atoms with van der Waals surface area (Å²) in [6.45, 7) is -3.71. The van der Waals surface area contributed by atoms with E-state index in [1.165, 1.54) is 9.44 Å². The normalized spacial score (nSPS) is 39.6. The van der Waals surface area contributed by atoms with Crippen molar-refractivity contribution in [3.05, 3.63) is 0 Å². The first-order valence-corrected chi connectivity index (χ1v) is 32.1. The van der Waals surface area contributed by atoms with E-state index in [1.807, 2.05) is 0 Å². The van der Waals surface area contributed by atoms with Gasteiger partial charge in [-0.1, -0.05) is 0 Å². The fourth-order valence-electron chi connectivity index (χ4n) is 8.56. The fourth-order valence-corrected chi connectivity index (χ4v) is 11.8. The molecule has 0 aromatic rings. The molecule has 508 valence electrons. The van der Waals surface area contributed by atoms with Crippen LogP contribution in [0.25, 0.3) is 0 Å². The Balaban J connectivity index is 1.59. The number of aliphatic hydroxyl groups excluding tert-OH is 7. The molecule has 0 aromatic carbocycles. The molecule has 5 fully saturated rings. The monoisotopic (exact) mass is 1430 g/mol. The van der Waals surface area contributed by atoms with E-state index in [0.717, 1.165) is 0 Å². The largest absolute Gasteiger partial charge is 0.479 e. The van der Waals surface area contributed by atoms with Crippen molar-refractivity contribution in [1.29, 1.82) is 0 Å². The predicted molar refractivity (Wildman–Crippen MR) is 245 cm³/mol. The lowest BCUT2D eigenvalue weighted by Gasteiger charge is -2.50. The van der Waals surface area contributed by atoms with Crippen molar-refractivity contribution in [2.24, 2.45) is 0 Å². The maximum Gasteiger partial charge on any atom is 0.397 e. The molecule has 50 nitrogen and oxygen atoms in total. The van der Waals surface area contributed by atoms with Crippen LogP contribution in [0, 0.1) is 0 Å². The number of carbonyl (C=O) groups is 3. The van der Waals surface area contributed by atoms with E-state index >= 15 is 0 Å². The first-order valence-electron chi connectivity index (χ1n) is 22.4. The lowest BCUT2D eigenvalue weighted by molar-refractivity contribution is -0.372. The van der Waals surface area contributed by atoms with Crippen LogP contribution in [-0.4, -0.2) is 326 Å². The molecule has 25 atom stereocenters. The fraction of sp³-hybridized carbons (Fsp3) is 0.900. The van der Waals surface area contributed by atoms with Crippen LogP contribution in [0.2, 0.25) is 0 Å². The van der Waals surface area contributed by atoms with Gasteiger partial charge in [-0.25, -0.2) is 35.3 Å². The second kappa shape index (κ2) is 28.0. The highest BCUT2D eigenvalue weighted by molar-refractivity contribution is 7.84. The highest BCUT2D eigenvalue weighted by Gasteiger charge is 2.61. The van der Waals surface area contributed by atoms with Gasteiger partial charge in [0.2, 0.25) is 0 Å². The second-order valence-corrected chi connectivity index (χ2v) is 25.6. The molecule has 57 heteroatoms. The molecule has 5 saturated heterocycles.